The number of hydrogen-bond donors (Lipinski definition) is 0. The van der Waals surface area contributed by atoms with E-state index in [0.717, 1.165) is 11.6 Å². The first kappa shape index (κ1) is 18.2. The van der Waals surface area contributed by atoms with Gasteiger partial charge in [0.25, 0.3) is 0 Å². The van der Waals surface area contributed by atoms with E-state index in [4.69, 9.17) is 4.42 Å². The van der Waals surface area contributed by atoms with Gasteiger partial charge in [0.05, 0.1) is 11.4 Å². The molecule has 0 spiro atoms. The Balaban J connectivity index is 1.89. The molecule has 0 unspecified atom stereocenters. The summed E-state index contributed by atoms with van der Waals surface area (Å²) in [7, 11) is -3.91. The first-order valence-corrected chi connectivity index (χ1v) is 9.47. The quantitative estimate of drug-likeness (QED) is 0.659. The molecule has 0 atom stereocenters. The maximum atomic E-state index is 13.5. The molecular weight excluding hydrogens is 357 g/mol. The van der Waals surface area contributed by atoms with Gasteiger partial charge in [-0.2, -0.15) is 4.31 Å². The molecule has 0 bridgehead atoms. The first-order valence-electron chi connectivity index (χ1n) is 8.03. The molecule has 6 nitrogen and oxygen atoms in total. The molecule has 26 heavy (non-hydrogen) atoms. The average Bonchev–Trinajstić information content (AvgIpc) is 3.09. The summed E-state index contributed by atoms with van der Waals surface area (Å²) in [6.45, 7) is 3.35. The summed E-state index contributed by atoms with van der Waals surface area (Å²) in [5.41, 5.74) is 0.746. The van der Waals surface area contributed by atoms with E-state index < -0.39 is 15.8 Å². The highest BCUT2D eigenvalue weighted by Gasteiger charge is 2.29. The standard InChI is InChI=1S/C18H18FN3O3S/c1-13(2)22(26(23,24)16-10-6-9-15(19)11-16)12-17-20-21-18(25-17)14-7-4-3-5-8-14/h3-11,13H,12H2,1-2H3. The predicted octanol–water partition coefficient (Wildman–Crippen LogP) is 3.48. The molecule has 0 N–H and O–H groups in total. The minimum Gasteiger partial charge on any atom is -0.419 e. The molecule has 0 fully saturated rings. The van der Waals surface area contributed by atoms with Gasteiger partial charge in [-0.15, -0.1) is 10.2 Å². The molecule has 0 aliphatic carbocycles. The molecule has 0 aliphatic heterocycles. The van der Waals surface area contributed by atoms with Crippen LogP contribution in [-0.2, 0) is 16.6 Å². The third-order valence-electron chi connectivity index (χ3n) is 3.76. The number of halogens is 1. The molecule has 0 saturated carbocycles. The molecule has 1 heterocycles. The molecule has 136 valence electrons. The monoisotopic (exact) mass is 375 g/mol. The Morgan fingerprint density at radius 2 is 1.81 bits per heavy atom. The number of nitrogens with zero attached hydrogens (tertiary/aromatic N) is 3. The largest absolute Gasteiger partial charge is 0.419 e. The fourth-order valence-electron chi connectivity index (χ4n) is 2.46. The zero-order valence-electron chi connectivity index (χ0n) is 14.3. The molecule has 0 amide bonds. The smallest absolute Gasteiger partial charge is 0.247 e. The Labute approximate surface area is 151 Å². The molecule has 3 aromatic rings. The van der Waals surface area contributed by atoms with Crippen LogP contribution in [0.25, 0.3) is 11.5 Å². The number of rotatable bonds is 6. The van der Waals surface area contributed by atoms with E-state index in [2.05, 4.69) is 10.2 Å². The molecule has 8 heteroatoms. The van der Waals surface area contributed by atoms with E-state index in [1.807, 2.05) is 30.3 Å². The van der Waals surface area contributed by atoms with Crippen LogP contribution in [0.15, 0.2) is 63.9 Å². The summed E-state index contributed by atoms with van der Waals surface area (Å²) in [5.74, 6) is -0.135. The van der Waals surface area contributed by atoms with Crippen molar-refractivity contribution in [2.24, 2.45) is 0 Å². The van der Waals surface area contributed by atoms with Crippen molar-refractivity contribution in [2.45, 2.75) is 31.3 Å². The van der Waals surface area contributed by atoms with Gasteiger partial charge >= 0.3 is 0 Å². The maximum absolute atomic E-state index is 13.5. The summed E-state index contributed by atoms with van der Waals surface area (Å²) in [4.78, 5) is -0.117. The average molecular weight is 375 g/mol. The van der Waals surface area contributed by atoms with Gasteiger partial charge in [-0.1, -0.05) is 24.3 Å². The number of sulfonamides is 1. The fraction of sp³-hybridized carbons (Fsp3) is 0.222. The Kier molecular flexibility index (Phi) is 5.15. The Morgan fingerprint density at radius 3 is 2.46 bits per heavy atom. The van der Waals surface area contributed by atoms with Crippen LogP contribution >= 0.6 is 0 Å². The normalized spacial score (nSPS) is 12.0. The lowest BCUT2D eigenvalue weighted by atomic mass is 10.2. The van der Waals surface area contributed by atoms with Gasteiger partial charge in [-0.3, -0.25) is 0 Å². The van der Waals surface area contributed by atoms with Crippen LogP contribution in [0.5, 0.6) is 0 Å². The van der Waals surface area contributed by atoms with Gasteiger partial charge < -0.3 is 4.42 Å². The zero-order chi connectivity index (χ0) is 18.7. The lowest BCUT2D eigenvalue weighted by Crippen LogP contribution is -2.36. The third-order valence-corrected chi connectivity index (χ3v) is 5.78. The molecule has 0 saturated heterocycles. The van der Waals surface area contributed by atoms with E-state index in [1.54, 1.807) is 13.8 Å². The van der Waals surface area contributed by atoms with Crippen molar-refractivity contribution in [3.63, 3.8) is 0 Å². The summed E-state index contributed by atoms with van der Waals surface area (Å²) in [6, 6.07) is 13.7. The lowest BCUT2D eigenvalue weighted by Gasteiger charge is -2.24. The molecule has 0 radical (unpaired) electrons. The SMILES string of the molecule is CC(C)N(Cc1nnc(-c2ccccc2)o1)S(=O)(=O)c1cccc(F)c1. The molecule has 2 aromatic carbocycles. The van der Waals surface area contributed by atoms with E-state index in [-0.39, 0.29) is 23.4 Å². The summed E-state index contributed by atoms with van der Waals surface area (Å²) < 4.78 is 46.0. The summed E-state index contributed by atoms with van der Waals surface area (Å²) in [6.07, 6.45) is 0. The molecule has 3 rings (SSSR count). The molecular formula is C18H18FN3O3S. The first-order chi connectivity index (χ1) is 12.4. The van der Waals surface area contributed by atoms with E-state index in [0.29, 0.717) is 5.89 Å². The van der Waals surface area contributed by atoms with Crippen LogP contribution in [0.1, 0.15) is 19.7 Å². The van der Waals surface area contributed by atoms with Gasteiger partial charge in [-0.25, -0.2) is 12.8 Å². The Bertz CT molecular complexity index is 988. The van der Waals surface area contributed by atoms with Crippen molar-refractivity contribution >= 4 is 10.0 Å². The number of aromatic nitrogens is 2. The van der Waals surface area contributed by atoms with E-state index >= 15 is 0 Å². The van der Waals surface area contributed by atoms with Crippen LogP contribution in [-0.4, -0.2) is 29.0 Å². The van der Waals surface area contributed by atoms with Crippen molar-refractivity contribution < 1.29 is 17.2 Å². The number of benzene rings is 2. The van der Waals surface area contributed by atoms with Gasteiger partial charge in [-0.05, 0) is 44.2 Å². The molecule has 1 aromatic heterocycles. The van der Waals surface area contributed by atoms with Crippen molar-refractivity contribution in [3.8, 4) is 11.5 Å². The van der Waals surface area contributed by atoms with Crippen molar-refractivity contribution in [1.82, 2.24) is 14.5 Å². The van der Waals surface area contributed by atoms with Crippen LogP contribution in [0.4, 0.5) is 4.39 Å². The second kappa shape index (κ2) is 7.35. The van der Waals surface area contributed by atoms with Crippen molar-refractivity contribution in [1.29, 1.82) is 0 Å². The topological polar surface area (TPSA) is 76.3 Å². The summed E-state index contributed by atoms with van der Waals surface area (Å²) in [5, 5.41) is 7.91. The van der Waals surface area contributed by atoms with Gasteiger partial charge in [0, 0.05) is 11.6 Å². The lowest BCUT2D eigenvalue weighted by molar-refractivity contribution is 0.313. The molecule has 0 aliphatic rings. The van der Waals surface area contributed by atoms with E-state index in [1.165, 1.54) is 22.5 Å². The Morgan fingerprint density at radius 1 is 1.08 bits per heavy atom. The third kappa shape index (κ3) is 3.81. The minimum absolute atomic E-state index is 0.101. The van der Waals surface area contributed by atoms with Gasteiger partial charge in [0.2, 0.25) is 21.8 Å². The Hall–Kier alpha value is -2.58. The van der Waals surface area contributed by atoms with Crippen LogP contribution in [0, 0.1) is 5.82 Å². The highest BCUT2D eigenvalue weighted by molar-refractivity contribution is 7.89. The minimum atomic E-state index is -3.91. The van der Waals surface area contributed by atoms with Crippen molar-refractivity contribution in [3.05, 3.63) is 66.3 Å². The maximum Gasteiger partial charge on any atom is 0.247 e. The van der Waals surface area contributed by atoms with Gasteiger partial charge in [0.15, 0.2) is 0 Å². The van der Waals surface area contributed by atoms with Crippen LogP contribution in [0.2, 0.25) is 0 Å². The predicted molar refractivity (Wildman–Crippen MR) is 94.0 cm³/mol. The second-order valence-electron chi connectivity index (χ2n) is 5.97. The van der Waals surface area contributed by atoms with E-state index in [9.17, 15) is 12.8 Å². The second-order valence-corrected chi connectivity index (χ2v) is 7.86. The fourth-order valence-corrected chi connectivity index (χ4v) is 4.07. The zero-order valence-corrected chi connectivity index (χ0v) is 15.1. The number of hydrogen-bond acceptors (Lipinski definition) is 5. The summed E-state index contributed by atoms with van der Waals surface area (Å²) >= 11 is 0. The van der Waals surface area contributed by atoms with Crippen LogP contribution < -0.4 is 0 Å². The van der Waals surface area contributed by atoms with Crippen LogP contribution in [0.3, 0.4) is 0 Å². The highest BCUT2D eigenvalue weighted by Crippen LogP contribution is 2.23. The van der Waals surface area contributed by atoms with Gasteiger partial charge in [0.1, 0.15) is 5.82 Å². The van der Waals surface area contributed by atoms with Crippen molar-refractivity contribution in [2.75, 3.05) is 0 Å². The highest BCUT2D eigenvalue weighted by atomic mass is 32.2.